The molecule has 6 heteroatoms. The Bertz CT molecular complexity index is 697. The van der Waals surface area contributed by atoms with Crippen LogP contribution in [0.15, 0.2) is 42.6 Å². The average Bonchev–Trinajstić information content (AvgIpc) is 3.16. The van der Waals surface area contributed by atoms with Crippen molar-refractivity contribution in [3.8, 4) is 5.75 Å². The van der Waals surface area contributed by atoms with Crippen LogP contribution in [0, 0.1) is 0 Å². The quantitative estimate of drug-likeness (QED) is 0.776. The molecule has 0 unspecified atom stereocenters. The molecule has 1 N–H and O–H groups in total. The summed E-state index contributed by atoms with van der Waals surface area (Å²) in [4.78, 5) is 16.6. The molecule has 2 aromatic rings. The van der Waals surface area contributed by atoms with Gasteiger partial charge in [-0.2, -0.15) is 0 Å². The maximum absolute atomic E-state index is 12.4. The van der Waals surface area contributed by atoms with Crippen LogP contribution in [-0.4, -0.2) is 36.9 Å². The van der Waals surface area contributed by atoms with Gasteiger partial charge in [-0.15, -0.1) is 0 Å². The van der Waals surface area contributed by atoms with E-state index in [9.17, 15) is 4.79 Å². The highest BCUT2D eigenvalue weighted by atomic mass is 16.6. The van der Waals surface area contributed by atoms with Gasteiger partial charge in [-0.1, -0.05) is 0 Å². The third kappa shape index (κ3) is 4.70. The highest BCUT2D eigenvalue weighted by Gasteiger charge is 2.20. The lowest BCUT2D eigenvalue weighted by molar-refractivity contribution is 0.0162. The summed E-state index contributed by atoms with van der Waals surface area (Å²) in [6, 6.07) is 10.9. The standard InChI is InChI=1S/C19H22N2O4/c1-2-23-15-9-7-14(8-10-15)21-18-17(6-3-11-20-18)19(22)25-13-16-5-4-12-24-16/h3,6-11,16H,2,4-5,12-13H2,1H3,(H,20,21)/t16-/m0/s1. The van der Waals surface area contributed by atoms with Crippen molar-refractivity contribution >= 4 is 17.5 Å². The second-order valence-corrected chi connectivity index (χ2v) is 5.72. The first-order valence-electron chi connectivity index (χ1n) is 8.50. The van der Waals surface area contributed by atoms with Crippen molar-refractivity contribution in [3.63, 3.8) is 0 Å². The first-order chi connectivity index (χ1) is 12.3. The Morgan fingerprint density at radius 2 is 2.16 bits per heavy atom. The summed E-state index contributed by atoms with van der Waals surface area (Å²) in [5, 5.41) is 3.15. The number of nitrogens with one attached hydrogen (secondary N) is 1. The average molecular weight is 342 g/mol. The van der Waals surface area contributed by atoms with Crippen LogP contribution in [0.5, 0.6) is 5.75 Å². The van der Waals surface area contributed by atoms with Gasteiger partial charge in [-0.05, 0) is 56.2 Å². The van der Waals surface area contributed by atoms with Crippen molar-refractivity contribution in [1.29, 1.82) is 0 Å². The lowest BCUT2D eigenvalue weighted by atomic mass is 10.2. The lowest BCUT2D eigenvalue weighted by Gasteiger charge is -2.13. The van der Waals surface area contributed by atoms with E-state index in [0.717, 1.165) is 30.9 Å². The molecule has 0 amide bonds. The first-order valence-corrected chi connectivity index (χ1v) is 8.50. The van der Waals surface area contributed by atoms with E-state index >= 15 is 0 Å². The second kappa shape index (κ2) is 8.48. The highest BCUT2D eigenvalue weighted by molar-refractivity contribution is 5.95. The SMILES string of the molecule is CCOc1ccc(Nc2ncccc2C(=O)OC[C@@H]2CCCO2)cc1. The van der Waals surface area contributed by atoms with Crippen LogP contribution in [0.4, 0.5) is 11.5 Å². The molecular formula is C19H22N2O4. The molecule has 1 fully saturated rings. The molecule has 132 valence electrons. The Morgan fingerprint density at radius 1 is 1.32 bits per heavy atom. The molecule has 0 spiro atoms. The van der Waals surface area contributed by atoms with Gasteiger partial charge < -0.3 is 19.5 Å². The molecule has 1 aliphatic rings. The third-order valence-electron chi connectivity index (χ3n) is 3.88. The monoisotopic (exact) mass is 342 g/mol. The van der Waals surface area contributed by atoms with Gasteiger partial charge in [-0.25, -0.2) is 9.78 Å². The zero-order valence-electron chi connectivity index (χ0n) is 14.2. The van der Waals surface area contributed by atoms with E-state index in [0.29, 0.717) is 18.0 Å². The van der Waals surface area contributed by atoms with Crippen LogP contribution >= 0.6 is 0 Å². The van der Waals surface area contributed by atoms with Crippen LogP contribution in [0.2, 0.25) is 0 Å². The number of rotatable bonds is 7. The van der Waals surface area contributed by atoms with Gasteiger partial charge in [0, 0.05) is 18.5 Å². The highest BCUT2D eigenvalue weighted by Crippen LogP contribution is 2.22. The molecule has 2 heterocycles. The molecule has 0 aliphatic carbocycles. The van der Waals surface area contributed by atoms with E-state index in [1.54, 1.807) is 18.3 Å². The Morgan fingerprint density at radius 3 is 2.88 bits per heavy atom. The predicted molar refractivity (Wildman–Crippen MR) is 94.4 cm³/mol. The topological polar surface area (TPSA) is 69.7 Å². The summed E-state index contributed by atoms with van der Waals surface area (Å²) in [5.74, 6) is 0.853. The van der Waals surface area contributed by atoms with E-state index in [1.807, 2.05) is 31.2 Å². The van der Waals surface area contributed by atoms with Crippen molar-refractivity contribution in [2.75, 3.05) is 25.1 Å². The van der Waals surface area contributed by atoms with Crippen LogP contribution < -0.4 is 10.1 Å². The number of aromatic nitrogens is 1. The minimum atomic E-state index is -0.406. The molecule has 1 aromatic heterocycles. The number of anilines is 2. The van der Waals surface area contributed by atoms with Crippen molar-refractivity contribution < 1.29 is 19.0 Å². The smallest absolute Gasteiger partial charge is 0.342 e. The Labute approximate surface area is 147 Å². The number of pyridine rings is 1. The molecule has 0 bridgehead atoms. The van der Waals surface area contributed by atoms with Gasteiger partial charge in [0.1, 0.15) is 23.7 Å². The van der Waals surface area contributed by atoms with E-state index in [1.165, 1.54) is 0 Å². The van der Waals surface area contributed by atoms with Crippen LogP contribution in [0.25, 0.3) is 0 Å². The normalized spacial score (nSPS) is 16.4. The van der Waals surface area contributed by atoms with Gasteiger partial charge in [0.25, 0.3) is 0 Å². The number of hydrogen-bond acceptors (Lipinski definition) is 6. The molecule has 0 radical (unpaired) electrons. The molecule has 6 nitrogen and oxygen atoms in total. The summed E-state index contributed by atoms with van der Waals surface area (Å²) in [6.45, 7) is 3.57. The summed E-state index contributed by atoms with van der Waals surface area (Å²) in [5.41, 5.74) is 1.21. The molecule has 1 aliphatic heterocycles. The maximum Gasteiger partial charge on any atom is 0.342 e. The predicted octanol–water partition coefficient (Wildman–Crippen LogP) is 3.56. The summed E-state index contributed by atoms with van der Waals surface area (Å²) in [7, 11) is 0. The van der Waals surface area contributed by atoms with E-state index in [-0.39, 0.29) is 12.7 Å². The Kier molecular flexibility index (Phi) is 5.85. The molecule has 1 aromatic carbocycles. The Hall–Kier alpha value is -2.60. The van der Waals surface area contributed by atoms with Crippen LogP contribution in [0.1, 0.15) is 30.1 Å². The van der Waals surface area contributed by atoms with Gasteiger partial charge >= 0.3 is 5.97 Å². The minimum absolute atomic E-state index is 0.00291. The summed E-state index contributed by atoms with van der Waals surface area (Å²) >= 11 is 0. The van der Waals surface area contributed by atoms with Crippen molar-refractivity contribution in [2.45, 2.75) is 25.9 Å². The zero-order chi connectivity index (χ0) is 17.5. The third-order valence-corrected chi connectivity index (χ3v) is 3.88. The second-order valence-electron chi connectivity index (χ2n) is 5.72. The number of benzene rings is 1. The van der Waals surface area contributed by atoms with Gasteiger partial charge in [0.2, 0.25) is 0 Å². The summed E-state index contributed by atoms with van der Waals surface area (Å²) in [6.07, 6.45) is 3.58. The largest absolute Gasteiger partial charge is 0.494 e. The number of ether oxygens (including phenoxy) is 3. The van der Waals surface area contributed by atoms with Crippen molar-refractivity contribution in [3.05, 3.63) is 48.2 Å². The molecule has 1 saturated heterocycles. The van der Waals surface area contributed by atoms with Crippen molar-refractivity contribution in [2.24, 2.45) is 0 Å². The molecule has 3 rings (SSSR count). The van der Waals surface area contributed by atoms with Gasteiger partial charge in [0.05, 0.1) is 12.7 Å². The molecule has 0 saturated carbocycles. The maximum atomic E-state index is 12.4. The minimum Gasteiger partial charge on any atom is -0.494 e. The fourth-order valence-electron chi connectivity index (χ4n) is 2.63. The van der Waals surface area contributed by atoms with E-state index in [4.69, 9.17) is 14.2 Å². The first kappa shape index (κ1) is 17.2. The fraction of sp³-hybridized carbons (Fsp3) is 0.368. The van der Waals surface area contributed by atoms with E-state index in [2.05, 4.69) is 10.3 Å². The Balaban J connectivity index is 1.66. The molecule has 1 atom stereocenters. The zero-order valence-corrected chi connectivity index (χ0v) is 14.2. The fourth-order valence-corrected chi connectivity index (χ4v) is 2.63. The number of nitrogens with zero attached hydrogens (tertiary/aromatic N) is 1. The molecule has 25 heavy (non-hydrogen) atoms. The molecular weight excluding hydrogens is 320 g/mol. The van der Waals surface area contributed by atoms with E-state index < -0.39 is 5.97 Å². The van der Waals surface area contributed by atoms with Crippen LogP contribution in [0.3, 0.4) is 0 Å². The summed E-state index contributed by atoms with van der Waals surface area (Å²) < 4.78 is 16.3. The number of hydrogen-bond donors (Lipinski definition) is 1. The van der Waals surface area contributed by atoms with Gasteiger partial charge in [0.15, 0.2) is 0 Å². The lowest BCUT2D eigenvalue weighted by Crippen LogP contribution is -2.18. The number of carbonyl (C=O) groups is 1. The van der Waals surface area contributed by atoms with Gasteiger partial charge in [-0.3, -0.25) is 0 Å². The van der Waals surface area contributed by atoms with Crippen LogP contribution in [-0.2, 0) is 9.47 Å². The number of carbonyl (C=O) groups excluding carboxylic acids is 1. The number of esters is 1. The van der Waals surface area contributed by atoms with Crippen molar-refractivity contribution in [1.82, 2.24) is 4.98 Å².